The Labute approximate surface area is 185 Å². The summed E-state index contributed by atoms with van der Waals surface area (Å²) in [6.45, 7) is 2.13. The standard InChI is InChI=1S/C27H22N2OS/c1-16-11-13-31-27(16)26-25-20(14-18(15-23(25)30)17-6-3-2-4-7-17)24-19-8-5-12-28-21(19)9-10-22(24)29-26/h2-13,18,26,29H,14-15H2,1H3/t18-,26+/m1/s1. The van der Waals surface area contributed by atoms with Crippen molar-refractivity contribution in [2.24, 2.45) is 0 Å². The van der Waals surface area contributed by atoms with E-state index in [0.29, 0.717) is 6.42 Å². The van der Waals surface area contributed by atoms with E-state index in [-0.39, 0.29) is 17.7 Å². The molecule has 0 saturated carbocycles. The Morgan fingerprint density at radius 3 is 2.68 bits per heavy atom. The first-order valence-corrected chi connectivity index (χ1v) is 11.6. The lowest BCUT2D eigenvalue weighted by Gasteiger charge is -2.37. The highest BCUT2D eigenvalue weighted by molar-refractivity contribution is 7.10. The molecular weight excluding hydrogens is 400 g/mol. The van der Waals surface area contributed by atoms with E-state index >= 15 is 0 Å². The molecule has 6 rings (SSSR count). The highest BCUT2D eigenvalue weighted by atomic mass is 32.1. The molecule has 152 valence electrons. The van der Waals surface area contributed by atoms with Crippen LogP contribution in [0.15, 0.2) is 77.8 Å². The number of nitrogens with zero attached hydrogens (tertiary/aromatic N) is 1. The topological polar surface area (TPSA) is 42.0 Å². The number of rotatable bonds is 2. The number of carbonyl (C=O) groups is 1. The summed E-state index contributed by atoms with van der Waals surface area (Å²) in [5.41, 5.74) is 7.83. The Morgan fingerprint density at radius 1 is 1.00 bits per heavy atom. The number of aryl methyl sites for hydroxylation is 1. The van der Waals surface area contributed by atoms with Crippen LogP contribution in [-0.2, 0) is 4.79 Å². The molecule has 0 radical (unpaired) electrons. The van der Waals surface area contributed by atoms with E-state index in [1.54, 1.807) is 11.3 Å². The molecule has 2 aromatic heterocycles. The zero-order valence-corrected chi connectivity index (χ0v) is 18.1. The minimum Gasteiger partial charge on any atom is -0.373 e. The van der Waals surface area contributed by atoms with Gasteiger partial charge in [-0.2, -0.15) is 0 Å². The monoisotopic (exact) mass is 422 g/mol. The van der Waals surface area contributed by atoms with Crippen molar-refractivity contribution in [2.75, 3.05) is 5.32 Å². The van der Waals surface area contributed by atoms with Crippen molar-refractivity contribution in [3.8, 4) is 0 Å². The summed E-state index contributed by atoms with van der Waals surface area (Å²) < 4.78 is 0. The Bertz CT molecular complexity index is 1350. The third kappa shape index (κ3) is 2.94. The van der Waals surface area contributed by atoms with Gasteiger partial charge >= 0.3 is 0 Å². The molecule has 3 heterocycles. The van der Waals surface area contributed by atoms with Gasteiger partial charge in [0.25, 0.3) is 0 Å². The third-order valence-electron chi connectivity index (χ3n) is 6.62. The number of hydrogen-bond acceptors (Lipinski definition) is 4. The molecule has 2 atom stereocenters. The first kappa shape index (κ1) is 18.5. The van der Waals surface area contributed by atoms with Crippen LogP contribution in [-0.4, -0.2) is 10.8 Å². The Kier molecular flexibility index (Phi) is 4.29. The van der Waals surface area contributed by atoms with Gasteiger partial charge in [-0.05, 0) is 65.6 Å². The first-order chi connectivity index (χ1) is 15.2. The molecule has 0 unspecified atom stereocenters. The average Bonchev–Trinajstić information content (AvgIpc) is 3.24. The number of Topliss-reactive ketones (excluding diaryl/α,β-unsaturated/α-hetero) is 1. The lowest BCUT2D eigenvalue weighted by Crippen LogP contribution is -2.29. The van der Waals surface area contributed by atoms with Crippen molar-refractivity contribution in [2.45, 2.75) is 31.7 Å². The van der Waals surface area contributed by atoms with Gasteiger partial charge in [0.05, 0.1) is 11.6 Å². The number of hydrogen-bond donors (Lipinski definition) is 1. The van der Waals surface area contributed by atoms with Crippen molar-refractivity contribution in [1.29, 1.82) is 0 Å². The largest absolute Gasteiger partial charge is 0.373 e. The molecule has 1 aliphatic heterocycles. The van der Waals surface area contributed by atoms with Crippen LogP contribution < -0.4 is 5.32 Å². The van der Waals surface area contributed by atoms with Gasteiger partial charge in [0, 0.05) is 39.7 Å². The number of ketones is 1. The summed E-state index contributed by atoms with van der Waals surface area (Å²) in [5.74, 6) is 0.461. The Hall–Kier alpha value is -3.24. The van der Waals surface area contributed by atoms with Gasteiger partial charge in [-0.15, -0.1) is 11.3 Å². The van der Waals surface area contributed by atoms with Gasteiger partial charge in [0.15, 0.2) is 5.78 Å². The minimum absolute atomic E-state index is 0.0826. The van der Waals surface area contributed by atoms with E-state index in [1.807, 2.05) is 18.3 Å². The molecule has 2 aromatic carbocycles. The molecule has 0 fully saturated rings. The summed E-state index contributed by atoms with van der Waals surface area (Å²) in [7, 11) is 0. The fourth-order valence-electron chi connectivity index (χ4n) is 5.17. The summed E-state index contributed by atoms with van der Waals surface area (Å²) >= 11 is 1.73. The molecule has 0 saturated heterocycles. The van der Waals surface area contributed by atoms with Gasteiger partial charge in [-0.1, -0.05) is 36.4 Å². The number of anilines is 1. The molecule has 3 nitrogen and oxygen atoms in total. The van der Waals surface area contributed by atoms with Crippen LogP contribution in [0.5, 0.6) is 0 Å². The van der Waals surface area contributed by atoms with Crippen molar-refractivity contribution in [3.63, 3.8) is 0 Å². The zero-order valence-electron chi connectivity index (χ0n) is 17.3. The molecular formula is C27H22N2OS. The van der Waals surface area contributed by atoms with E-state index in [1.165, 1.54) is 21.6 Å². The number of benzene rings is 2. The van der Waals surface area contributed by atoms with Crippen LogP contribution in [0.1, 0.15) is 46.4 Å². The number of allylic oxidation sites excluding steroid dienone is 1. The summed E-state index contributed by atoms with van der Waals surface area (Å²) in [6.07, 6.45) is 3.26. The maximum atomic E-state index is 13.7. The SMILES string of the molecule is Cc1ccsc1[C@H]1Nc2ccc3ncccc3c2C2=C1C(=O)C[C@H](c1ccccc1)C2. The Morgan fingerprint density at radius 2 is 1.87 bits per heavy atom. The predicted octanol–water partition coefficient (Wildman–Crippen LogP) is 6.67. The van der Waals surface area contributed by atoms with Crippen LogP contribution in [0.3, 0.4) is 0 Å². The highest BCUT2D eigenvalue weighted by Gasteiger charge is 2.39. The van der Waals surface area contributed by atoms with Crippen LogP contribution >= 0.6 is 11.3 Å². The molecule has 0 amide bonds. The number of thiophene rings is 1. The zero-order chi connectivity index (χ0) is 20.9. The number of nitrogens with one attached hydrogen (secondary N) is 1. The van der Waals surface area contributed by atoms with Gasteiger partial charge in [-0.25, -0.2) is 0 Å². The number of aromatic nitrogens is 1. The smallest absolute Gasteiger partial charge is 0.162 e. The highest BCUT2D eigenvalue weighted by Crippen LogP contribution is 2.51. The lowest BCUT2D eigenvalue weighted by atomic mass is 9.72. The van der Waals surface area contributed by atoms with Crippen molar-refractivity contribution >= 4 is 39.3 Å². The average molecular weight is 423 g/mol. The third-order valence-corrected chi connectivity index (χ3v) is 7.70. The summed E-state index contributed by atoms with van der Waals surface area (Å²) in [4.78, 5) is 19.5. The fraction of sp³-hybridized carbons (Fsp3) is 0.185. The van der Waals surface area contributed by atoms with Crippen molar-refractivity contribution < 1.29 is 4.79 Å². The van der Waals surface area contributed by atoms with Crippen molar-refractivity contribution in [1.82, 2.24) is 4.98 Å². The molecule has 4 aromatic rings. The predicted molar refractivity (Wildman–Crippen MR) is 128 cm³/mol. The molecule has 1 aliphatic carbocycles. The Balaban J connectivity index is 1.60. The maximum absolute atomic E-state index is 13.7. The number of pyridine rings is 1. The second-order valence-electron chi connectivity index (χ2n) is 8.43. The molecule has 4 heteroatoms. The molecule has 0 bridgehead atoms. The number of carbonyl (C=O) groups excluding carboxylic acids is 1. The van der Waals surface area contributed by atoms with Gasteiger partial charge in [0.2, 0.25) is 0 Å². The second kappa shape index (κ2) is 7.17. The van der Waals surface area contributed by atoms with Crippen molar-refractivity contribution in [3.05, 3.63) is 99.4 Å². The molecule has 1 N–H and O–H groups in total. The quantitative estimate of drug-likeness (QED) is 0.392. The molecule has 31 heavy (non-hydrogen) atoms. The van der Waals surface area contributed by atoms with E-state index in [4.69, 9.17) is 0 Å². The molecule has 0 spiro atoms. The van der Waals surface area contributed by atoms with E-state index < -0.39 is 0 Å². The number of fused-ring (bicyclic) bond motifs is 4. The molecule has 2 aliphatic rings. The normalized spacial score (nSPS) is 20.4. The van der Waals surface area contributed by atoms with Crippen LogP contribution in [0.4, 0.5) is 5.69 Å². The van der Waals surface area contributed by atoms with E-state index in [2.05, 4.69) is 71.1 Å². The summed E-state index contributed by atoms with van der Waals surface area (Å²) in [6, 6.07) is 20.8. The van der Waals surface area contributed by atoms with Crippen LogP contribution in [0, 0.1) is 6.92 Å². The van der Waals surface area contributed by atoms with E-state index in [0.717, 1.165) is 34.1 Å². The second-order valence-corrected chi connectivity index (χ2v) is 9.38. The fourth-order valence-corrected chi connectivity index (χ4v) is 6.15. The van der Waals surface area contributed by atoms with E-state index in [9.17, 15) is 4.79 Å². The van der Waals surface area contributed by atoms with Crippen LogP contribution in [0.25, 0.3) is 16.5 Å². The first-order valence-electron chi connectivity index (χ1n) is 10.7. The van der Waals surface area contributed by atoms with Gasteiger partial charge in [0.1, 0.15) is 0 Å². The van der Waals surface area contributed by atoms with Crippen LogP contribution in [0.2, 0.25) is 0 Å². The van der Waals surface area contributed by atoms with Gasteiger partial charge < -0.3 is 5.32 Å². The minimum atomic E-state index is -0.0826. The summed E-state index contributed by atoms with van der Waals surface area (Å²) in [5, 5.41) is 6.95. The van der Waals surface area contributed by atoms with Gasteiger partial charge in [-0.3, -0.25) is 9.78 Å². The lowest BCUT2D eigenvalue weighted by molar-refractivity contribution is -0.116. The maximum Gasteiger partial charge on any atom is 0.162 e.